The number of hydrogen-bond acceptors (Lipinski definition) is 4. The quantitative estimate of drug-likeness (QED) is 0.832. The van der Waals surface area contributed by atoms with Crippen molar-refractivity contribution in [2.24, 2.45) is 0 Å². The zero-order valence-corrected chi connectivity index (χ0v) is 11.9. The molecule has 2 rings (SSSR count). The van der Waals surface area contributed by atoms with Crippen LogP contribution in [0.25, 0.3) is 6.20 Å². The molecule has 1 aromatic heterocycles. The first-order chi connectivity index (χ1) is 9.72. The fourth-order valence-electron chi connectivity index (χ4n) is 2.38. The van der Waals surface area contributed by atoms with E-state index >= 15 is 0 Å². The summed E-state index contributed by atoms with van der Waals surface area (Å²) in [6.45, 7) is 6.24. The van der Waals surface area contributed by atoms with Crippen LogP contribution in [0.1, 0.15) is 18.4 Å². The van der Waals surface area contributed by atoms with Crippen molar-refractivity contribution in [3.8, 4) is 0 Å². The van der Waals surface area contributed by atoms with E-state index in [1.54, 1.807) is 18.0 Å². The summed E-state index contributed by atoms with van der Waals surface area (Å²) in [4.78, 5) is 13.6. The van der Waals surface area contributed by atoms with E-state index < -0.39 is 0 Å². The van der Waals surface area contributed by atoms with Crippen LogP contribution in [0.2, 0.25) is 0 Å². The topological polar surface area (TPSA) is 59.4 Å². The normalized spacial score (nSPS) is 16.4. The largest absolute Gasteiger partial charge is 0.375 e. The maximum absolute atomic E-state index is 11.7. The first-order valence-electron chi connectivity index (χ1n) is 6.88. The van der Waals surface area contributed by atoms with Crippen LogP contribution in [0, 0.1) is 0 Å². The molecule has 1 aromatic rings. The standard InChI is InChI=1S/C14H22N4O2/c1-3-18-10-12(9-16-18)8-15-13-4-6-17(7-5-13)14(19)11-20-2/h3,9-10,13,15H,1,4-8,11H2,2H3. The van der Waals surface area contributed by atoms with Crippen LogP contribution in [0.5, 0.6) is 0 Å². The molecule has 1 aliphatic rings. The molecule has 1 aliphatic heterocycles. The van der Waals surface area contributed by atoms with Gasteiger partial charge in [-0.15, -0.1) is 0 Å². The Balaban J connectivity index is 1.71. The minimum absolute atomic E-state index is 0.0817. The fourth-order valence-corrected chi connectivity index (χ4v) is 2.38. The number of ether oxygens (including phenoxy) is 1. The summed E-state index contributed by atoms with van der Waals surface area (Å²) in [7, 11) is 1.55. The summed E-state index contributed by atoms with van der Waals surface area (Å²) in [5, 5.41) is 7.66. The molecular formula is C14H22N4O2. The average molecular weight is 278 g/mol. The molecule has 6 heteroatoms. The lowest BCUT2D eigenvalue weighted by atomic mass is 10.0. The fraction of sp³-hybridized carbons (Fsp3) is 0.571. The maximum atomic E-state index is 11.7. The Morgan fingerprint density at radius 2 is 2.35 bits per heavy atom. The second-order valence-electron chi connectivity index (χ2n) is 4.98. The lowest BCUT2D eigenvalue weighted by molar-refractivity contribution is -0.136. The molecule has 1 N–H and O–H groups in total. The van der Waals surface area contributed by atoms with E-state index in [1.807, 2.05) is 17.3 Å². The molecular weight excluding hydrogens is 256 g/mol. The minimum Gasteiger partial charge on any atom is -0.375 e. The van der Waals surface area contributed by atoms with Gasteiger partial charge in [0.15, 0.2) is 0 Å². The molecule has 0 bridgehead atoms. The van der Waals surface area contributed by atoms with Gasteiger partial charge in [0.1, 0.15) is 6.61 Å². The number of rotatable bonds is 6. The van der Waals surface area contributed by atoms with Crippen LogP contribution in [0.4, 0.5) is 0 Å². The summed E-state index contributed by atoms with van der Waals surface area (Å²) >= 11 is 0. The number of piperidine rings is 1. The molecule has 1 saturated heterocycles. The van der Waals surface area contributed by atoms with Gasteiger partial charge in [0.05, 0.1) is 6.20 Å². The number of aromatic nitrogens is 2. The molecule has 0 unspecified atom stereocenters. The number of hydrogen-bond donors (Lipinski definition) is 1. The van der Waals surface area contributed by atoms with E-state index in [1.165, 1.54) is 0 Å². The highest BCUT2D eigenvalue weighted by atomic mass is 16.5. The van der Waals surface area contributed by atoms with Gasteiger partial charge >= 0.3 is 0 Å². The lowest BCUT2D eigenvalue weighted by Gasteiger charge is -2.32. The molecule has 110 valence electrons. The number of carbonyl (C=O) groups is 1. The van der Waals surface area contributed by atoms with Crippen molar-refractivity contribution in [2.45, 2.75) is 25.4 Å². The summed E-state index contributed by atoms with van der Waals surface area (Å²) < 4.78 is 6.58. The van der Waals surface area contributed by atoms with E-state index in [-0.39, 0.29) is 12.5 Å². The molecule has 1 amide bonds. The third-order valence-corrected chi connectivity index (χ3v) is 3.55. The molecule has 1 fully saturated rings. The highest BCUT2D eigenvalue weighted by molar-refractivity contribution is 5.77. The first-order valence-corrected chi connectivity index (χ1v) is 6.88. The second-order valence-corrected chi connectivity index (χ2v) is 4.98. The summed E-state index contributed by atoms with van der Waals surface area (Å²) in [5.74, 6) is 0.0817. The zero-order valence-electron chi connectivity index (χ0n) is 11.9. The van der Waals surface area contributed by atoms with Crippen LogP contribution in [-0.4, -0.2) is 53.4 Å². The Hall–Kier alpha value is -1.66. The van der Waals surface area contributed by atoms with E-state index in [9.17, 15) is 4.79 Å². The Morgan fingerprint density at radius 1 is 1.60 bits per heavy atom. The number of methoxy groups -OCH3 is 1. The van der Waals surface area contributed by atoms with Crippen LogP contribution < -0.4 is 5.32 Å². The van der Waals surface area contributed by atoms with E-state index in [0.29, 0.717) is 6.04 Å². The van der Waals surface area contributed by atoms with Crippen molar-refractivity contribution >= 4 is 12.1 Å². The molecule has 0 radical (unpaired) electrons. The van der Waals surface area contributed by atoms with Gasteiger partial charge in [-0.3, -0.25) is 4.79 Å². The van der Waals surface area contributed by atoms with Crippen LogP contribution in [0.15, 0.2) is 19.0 Å². The van der Waals surface area contributed by atoms with Crippen molar-refractivity contribution in [3.63, 3.8) is 0 Å². The average Bonchev–Trinajstić information content (AvgIpc) is 2.94. The van der Waals surface area contributed by atoms with Gasteiger partial charge in [0.2, 0.25) is 5.91 Å². The SMILES string of the molecule is C=Cn1cc(CNC2CCN(C(=O)COC)CC2)cn1. The summed E-state index contributed by atoms with van der Waals surface area (Å²) in [5.41, 5.74) is 1.14. The van der Waals surface area contributed by atoms with Crippen molar-refractivity contribution in [3.05, 3.63) is 24.5 Å². The lowest BCUT2D eigenvalue weighted by Crippen LogP contribution is -2.45. The van der Waals surface area contributed by atoms with Crippen LogP contribution in [0.3, 0.4) is 0 Å². The van der Waals surface area contributed by atoms with Crippen LogP contribution in [-0.2, 0) is 16.1 Å². The Kier molecular flexibility index (Phi) is 5.31. The monoisotopic (exact) mass is 278 g/mol. The predicted molar refractivity (Wildman–Crippen MR) is 76.9 cm³/mol. The maximum Gasteiger partial charge on any atom is 0.248 e. The Bertz CT molecular complexity index is 450. The van der Waals surface area contributed by atoms with Gasteiger partial charge in [-0.1, -0.05) is 6.58 Å². The summed E-state index contributed by atoms with van der Waals surface area (Å²) in [6.07, 6.45) is 7.42. The van der Waals surface area contributed by atoms with Gasteiger partial charge in [-0.25, -0.2) is 4.68 Å². The molecule has 0 saturated carbocycles. The zero-order chi connectivity index (χ0) is 14.4. The molecule has 0 aromatic carbocycles. The number of amides is 1. The Labute approximate surface area is 119 Å². The van der Waals surface area contributed by atoms with Gasteiger partial charge < -0.3 is 15.0 Å². The van der Waals surface area contributed by atoms with Gasteiger partial charge in [-0.2, -0.15) is 5.10 Å². The van der Waals surface area contributed by atoms with Gasteiger partial charge in [0.25, 0.3) is 0 Å². The number of nitrogens with zero attached hydrogens (tertiary/aromatic N) is 3. The van der Waals surface area contributed by atoms with E-state index in [0.717, 1.165) is 38.0 Å². The van der Waals surface area contributed by atoms with Crippen molar-refractivity contribution in [1.29, 1.82) is 0 Å². The Morgan fingerprint density at radius 3 is 2.95 bits per heavy atom. The van der Waals surface area contributed by atoms with Gasteiger partial charge in [0, 0.05) is 50.7 Å². The molecule has 20 heavy (non-hydrogen) atoms. The van der Waals surface area contributed by atoms with Crippen LogP contribution >= 0.6 is 0 Å². The minimum atomic E-state index is 0.0817. The summed E-state index contributed by atoms with van der Waals surface area (Å²) in [6, 6.07) is 0.452. The molecule has 6 nitrogen and oxygen atoms in total. The predicted octanol–water partition coefficient (Wildman–Crippen LogP) is 0.711. The van der Waals surface area contributed by atoms with Crippen molar-refractivity contribution in [2.75, 3.05) is 26.8 Å². The smallest absolute Gasteiger partial charge is 0.248 e. The molecule has 0 spiro atoms. The number of carbonyl (C=O) groups excluding carboxylic acids is 1. The third-order valence-electron chi connectivity index (χ3n) is 3.55. The third kappa shape index (κ3) is 3.91. The highest BCUT2D eigenvalue weighted by Gasteiger charge is 2.22. The molecule has 2 heterocycles. The van der Waals surface area contributed by atoms with E-state index in [4.69, 9.17) is 4.74 Å². The van der Waals surface area contributed by atoms with Crippen molar-refractivity contribution in [1.82, 2.24) is 20.0 Å². The first kappa shape index (κ1) is 14.7. The van der Waals surface area contributed by atoms with Crippen molar-refractivity contribution < 1.29 is 9.53 Å². The van der Waals surface area contributed by atoms with E-state index in [2.05, 4.69) is 17.0 Å². The number of likely N-dealkylation sites (tertiary alicyclic amines) is 1. The molecule has 0 atom stereocenters. The number of nitrogens with one attached hydrogen (secondary N) is 1. The highest BCUT2D eigenvalue weighted by Crippen LogP contribution is 2.11. The second kappa shape index (κ2) is 7.21. The molecule has 0 aliphatic carbocycles. The van der Waals surface area contributed by atoms with Gasteiger partial charge in [-0.05, 0) is 12.8 Å².